The van der Waals surface area contributed by atoms with Crippen molar-refractivity contribution in [2.75, 3.05) is 11.1 Å². The molecule has 0 aliphatic heterocycles. The van der Waals surface area contributed by atoms with Crippen LogP contribution < -0.4 is 16.8 Å². The number of hydrogen-bond donors (Lipinski definition) is 3. The van der Waals surface area contributed by atoms with Gasteiger partial charge in [0.2, 0.25) is 0 Å². The number of nitrogens with zero attached hydrogens (tertiary/aromatic N) is 1. The van der Waals surface area contributed by atoms with Crippen molar-refractivity contribution in [3.05, 3.63) is 17.8 Å². The normalized spacial score (nSPS) is 21.9. The number of carbonyl (C=O) groups excluding carboxylic acids is 1. The average Bonchev–Trinajstić information content (AvgIpc) is 2.33. The molecule has 104 valence electrons. The first-order chi connectivity index (χ1) is 8.90. The van der Waals surface area contributed by atoms with Gasteiger partial charge in [0.15, 0.2) is 0 Å². The summed E-state index contributed by atoms with van der Waals surface area (Å²) in [5.41, 5.74) is 11.9. The van der Waals surface area contributed by atoms with Crippen LogP contribution in [0.15, 0.2) is 12.3 Å². The fourth-order valence-corrected chi connectivity index (χ4v) is 2.70. The van der Waals surface area contributed by atoms with Crippen molar-refractivity contribution in [3.8, 4) is 0 Å². The van der Waals surface area contributed by atoms with Gasteiger partial charge in [-0.1, -0.05) is 26.7 Å². The van der Waals surface area contributed by atoms with Crippen molar-refractivity contribution < 1.29 is 4.79 Å². The third-order valence-electron chi connectivity index (χ3n) is 4.03. The molecular weight excluding hydrogens is 240 g/mol. The molecule has 1 unspecified atom stereocenters. The molecule has 5 N–H and O–H groups in total. The van der Waals surface area contributed by atoms with Gasteiger partial charge in [0.1, 0.15) is 5.82 Å². The van der Waals surface area contributed by atoms with Gasteiger partial charge in [0, 0.05) is 6.04 Å². The number of nitrogen functional groups attached to an aromatic ring is 1. The zero-order chi connectivity index (χ0) is 14.0. The molecule has 1 fully saturated rings. The summed E-state index contributed by atoms with van der Waals surface area (Å²) in [5, 5.41) is 3.42. The molecule has 19 heavy (non-hydrogen) atoms. The summed E-state index contributed by atoms with van der Waals surface area (Å²) in [6, 6.07) is 2.00. The number of primary amides is 1. The molecule has 1 amide bonds. The molecule has 1 aliphatic rings. The molecule has 2 rings (SSSR count). The summed E-state index contributed by atoms with van der Waals surface area (Å²) in [7, 11) is 0. The Bertz CT molecular complexity index is 484. The van der Waals surface area contributed by atoms with Crippen LogP contribution in [0.3, 0.4) is 0 Å². The van der Waals surface area contributed by atoms with Crippen LogP contribution in [0, 0.1) is 5.41 Å². The monoisotopic (exact) mass is 262 g/mol. The van der Waals surface area contributed by atoms with Gasteiger partial charge in [0.05, 0.1) is 17.4 Å². The first-order valence-corrected chi connectivity index (χ1v) is 6.72. The van der Waals surface area contributed by atoms with E-state index in [2.05, 4.69) is 24.1 Å². The topological polar surface area (TPSA) is 94.0 Å². The predicted molar refractivity (Wildman–Crippen MR) is 76.8 cm³/mol. The average molecular weight is 262 g/mol. The molecule has 1 aliphatic carbocycles. The van der Waals surface area contributed by atoms with Crippen molar-refractivity contribution in [2.45, 2.75) is 45.6 Å². The summed E-state index contributed by atoms with van der Waals surface area (Å²) in [4.78, 5) is 15.5. The highest BCUT2D eigenvalue weighted by molar-refractivity contribution is 5.98. The molecule has 5 nitrogen and oxygen atoms in total. The predicted octanol–water partition coefficient (Wildman–Crippen LogP) is 2.14. The Morgan fingerprint density at radius 2 is 2.21 bits per heavy atom. The lowest BCUT2D eigenvalue weighted by Crippen LogP contribution is -2.39. The number of nitrogens with two attached hydrogens (primary N) is 2. The smallest absolute Gasteiger partial charge is 0.250 e. The molecule has 0 saturated heterocycles. The van der Waals surface area contributed by atoms with E-state index in [4.69, 9.17) is 11.5 Å². The summed E-state index contributed by atoms with van der Waals surface area (Å²) < 4.78 is 0. The molecule has 1 heterocycles. The van der Waals surface area contributed by atoms with E-state index in [0.717, 1.165) is 6.42 Å². The van der Waals surface area contributed by atoms with Crippen LogP contribution in [-0.4, -0.2) is 16.9 Å². The molecule has 1 aromatic rings. The van der Waals surface area contributed by atoms with Crippen LogP contribution >= 0.6 is 0 Å². The second-order valence-corrected chi connectivity index (χ2v) is 5.95. The van der Waals surface area contributed by atoms with E-state index in [1.165, 1.54) is 25.5 Å². The quantitative estimate of drug-likeness (QED) is 0.778. The van der Waals surface area contributed by atoms with Gasteiger partial charge >= 0.3 is 0 Å². The Kier molecular flexibility index (Phi) is 3.64. The number of anilines is 2. The Hall–Kier alpha value is -1.78. The van der Waals surface area contributed by atoms with E-state index in [1.807, 2.05) is 0 Å². The maximum absolute atomic E-state index is 11.3. The fraction of sp³-hybridized carbons (Fsp3) is 0.571. The number of rotatable bonds is 3. The minimum Gasteiger partial charge on any atom is -0.397 e. The maximum Gasteiger partial charge on any atom is 0.250 e. The zero-order valence-corrected chi connectivity index (χ0v) is 11.6. The summed E-state index contributed by atoms with van der Waals surface area (Å²) in [5.74, 6) is 0.147. The maximum atomic E-state index is 11.3. The Morgan fingerprint density at radius 1 is 1.47 bits per heavy atom. The molecular formula is C14H22N4O. The SMILES string of the molecule is CC1(C)CCCCC1Nc1cc(C(N)=O)c(N)cn1. The third-order valence-corrected chi connectivity index (χ3v) is 4.03. The van der Waals surface area contributed by atoms with E-state index >= 15 is 0 Å². The number of aromatic nitrogens is 1. The Morgan fingerprint density at radius 3 is 2.84 bits per heavy atom. The van der Waals surface area contributed by atoms with Crippen LogP contribution in [0.4, 0.5) is 11.5 Å². The van der Waals surface area contributed by atoms with Crippen molar-refractivity contribution in [2.24, 2.45) is 11.1 Å². The molecule has 1 atom stereocenters. The summed E-state index contributed by atoms with van der Waals surface area (Å²) in [6.45, 7) is 4.52. The van der Waals surface area contributed by atoms with Crippen molar-refractivity contribution >= 4 is 17.4 Å². The highest BCUT2D eigenvalue weighted by Crippen LogP contribution is 2.37. The van der Waals surface area contributed by atoms with Gasteiger partial charge < -0.3 is 16.8 Å². The second kappa shape index (κ2) is 5.07. The third kappa shape index (κ3) is 2.97. The minimum atomic E-state index is -0.522. The molecule has 5 heteroatoms. The van der Waals surface area contributed by atoms with Gasteiger partial charge in [-0.25, -0.2) is 4.98 Å². The Labute approximate surface area is 113 Å². The molecule has 0 spiro atoms. The minimum absolute atomic E-state index is 0.230. The van der Waals surface area contributed by atoms with Crippen LogP contribution in [0.25, 0.3) is 0 Å². The summed E-state index contributed by atoms with van der Waals surface area (Å²) >= 11 is 0. The van der Waals surface area contributed by atoms with E-state index < -0.39 is 5.91 Å². The van der Waals surface area contributed by atoms with Crippen molar-refractivity contribution in [1.29, 1.82) is 0 Å². The molecule has 0 bridgehead atoms. The fourth-order valence-electron chi connectivity index (χ4n) is 2.70. The van der Waals surface area contributed by atoms with E-state index in [0.29, 0.717) is 23.1 Å². The highest BCUT2D eigenvalue weighted by Gasteiger charge is 2.32. The van der Waals surface area contributed by atoms with E-state index in [1.54, 1.807) is 6.07 Å². The largest absolute Gasteiger partial charge is 0.397 e. The molecule has 1 saturated carbocycles. The van der Waals surface area contributed by atoms with Crippen LogP contribution in [0.2, 0.25) is 0 Å². The lowest BCUT2D eigenvalue weighted by Gasteiger charge is -2.39. The van der Waals surface area contributed by atoms with Gasteiger partial charge in [-0.15, -0.1) is 0 Å². The lowest BCUT2D eigenvalue weighted by molar-refractivity contribution is 0.100. The number of amides is 1. The standard InChI is InChI=1S/C14H22N4O/c1-14(2)6-4-3-5-11(14)18-12-7-9(13(16)19)10(15)8-17-12/h7-8,11H,3-6,15H2,1-2H3,(H2,16,19)(H,17,18). The number of hydrogen-bond acceptors (Lipinski definition) is 4. The summed E-state index contributed by atoms with van der Waals surface area (Å²) in [6.07, 6.45) is 6.29. The van der Waals surface area contributed by atoms with Crippen molar-refractivity contribution in [3.63, 3.8) is 0 Å². The van der Waals surface area contributed by atoms with E-state index in [-0.39, 0.29) is 5.41 Å². The highest BCUT2D eigenvalue weighted by atomic mass is 16.1. The lowest BCUT2D eigenvalue weighted by atomic mass is 9.73. The molecule has 0 aromatic carbocycles. The first-order valence-electron chi connectivity index (χ1n) is 6.72. The van der Waals surface area contributed by atoms with Crippen LogP contribution in [-0.2, 0) is 0 Å². The number of nitrogens with one attached hydrogen (secondary N) is 1. The van der Waals surface area contributed by atoms with Gasteiger partial charge in [0.25, 0.3) is 5.91 Å². The second-order valence-electron chi connectivity index (χ2n) is 5.95. The van der Waals surface area contributed by atoms with Gasteiger partial charge in [-0.2, -0.15) is 0 Å². The molecule has 0 radical (unpaired) electrons. The van der Waals surface area contributed by atoms with Gasteiger partial charge in [-0.3, -0.25) is 4.79 Å². The zero-order valence-electron chi connectivity index (χ0n) is 11.6. The number of carbonyl (C=O) groups is 1. The van der Waals surface area contributed by atoms with Crippen LogP contribution in [0.5, 0.6) is 0 Å². The number of pyridine rings is 1. The van der Waals surface area contributed by atoms with E-state index in [9.17, 15) is 4.79 Å². The first kappa shape index (κ1) is 13.6. The molecule has 1 aromatic heterocycles. The van der Waals surface area contributed by atoms with Gasteiger partial charge in [-0.05, 0) is 24.3 Å². The Balaban J connectivity index is 2.19. The van der Waals surface area contributed by atoms with Crippen molar-refractivity contribution in [1.82, 2.24) is 4.98 Å². The van der Waals surface area contributed by atoms with Crippen LogP contribution in [0.1, 0.15) is 49.9 Å².